The van der Waals surface area contributed by atoms with Gasteiger partial charge in [0.1, 0.15) is 0 Å². The Kier molecular flexibility index (Phi) is 6.39. The molecule has 2 aromatic heterocycles. The molecule has 120 valence electrons. The Morgan fingerprint density at radius 2 is 2.23 bits per heavy atom. The van der Waals surface area contributed by atoms with Gasteiger partial charge in [0, 0.05) is 29.9 Å². The van der Waals surface area contributed by atoms with Gasteiger partial charge in [-0.2, -0.15) is 0 Å². The SMILES string of the molecule is CCNC(=NCc1sc(C)nc1C)N(C)CCc1cccs1. The second kappa shape index (κ2) is 8.29. The Morgan fingerprint density at radius 1 is 1.41 bits per heavy atom. The van der Waals surface area contributed by atoms with Crippen molar-refractivity contribution in [2.75, 3.05) is 20.1 Å². The summed E-state index contributed by atoms with van der Waals surface area (Å²) in [7, 11) is 2.10. The molecule has 2 rings (SSSR count). The van der Waals surface area contributed by atoms with E-state index in [4.69, 9.17) is 4.99 Å². The van der Waals surface area contributed by atoms with Crippen LogP contribution in [0.4, 0.5) is 0 Å². The second-order valence-corrected chi connectivity index (χ2v) is 7.48. The molecule has 6 heteroatoms. The maximum Gasteiger partial charge on any atom is 0.194 e. The molecule has 0 fully saturated rings. The minimum atomic E-state index is 0.697. The first-order chi connectivity index (χ1) is 10.6. The number of likely N-dealkylation sites (N-methyl/N-ethyl adjacent to an activating group) is 1. The molecular formula is C16H24N4S2. The topological polar surface area (TPSA) is 40.5 Å². The zero-order valence-corrected chi connectivity index (χ0v) is 15.4. The molecule has 0 saturated heterocycles. The Hall–Kier alpha value is -1.40. The first-order valence-corrected chi connectivity index (χ1v) is 9.24. The number of aryl methyl sites for hydroxylation is 2. The van der Waals surface area contributed by atoms with Crippen LogP contribution >= 0.6 is 22.7 Å². The summed E-state index contributed by atoms with van der Waals surface area (Å²) in [6, 6.07) is 4.29. The van der Waals surface area contributed by atoms with Crippen LogP contribution in [0.1, 0.15) is 27.4 Å². The lowest BCUT2D eigenvalue weighted by Gasteiger charge is -2.21. The van der Waals surface area contributed by atoms with Crippen LogP contribution in [-0.4, -0.2) is 36.0 Å². The lowest BCUT2D eigenvalue weighted by molar-refractivity contribution is 0.486. The van der Waals surface area contributed by atoms with Crippen LogP contribution in [0.2, 0.25) is 0 Å². The first-order valence-electron chi connectivity index (χ1n) is 7.55. The van der Waals surface area contributed by atoms with Crippen LogP contribution in [0.3, 0.4) is 0 Å². The average molecular weight is 337 g/mol. The molecule has 2 aromatic rings. The average Bonchev–Trinajstić information content (AvgIpc) is 3.10. The largest absolute Gasteiger partial charge is 0.357 e. The van der Waals surface area contributed by atoms with Gasteiger partial charge in [0.05, 0.1) is 17.2 Å². The van der Waals surface area contributed by atoms with Crippen LogP contribution in [0.25, 0.3) is 0 Å². The Morgan fingerprint density at radius 3 is 2.82 bits per heavy atom. The summed E-state index contributed by atoms with van der Waals surface area (Å²) in [6.45, 7) is 8.74. The molecule has 0 aliphatic carbocycles. The fourth-order valence-electron chi connectivity index (χ4n) is 2.18. The van der Waals surface area contributed by atoms with Gasteiger partial charge < -0.3 is 10.2 Å². The molecule has 0 aliphatic rings. The molecule has 0 aromatic carbocycles. The number of thiophene rings is 1. The van der Waals surface area contributed by atoms with Gasteiger partial charge in [0.15, 0.2) is 5.96 Å². The Balaban J connectivity index is 1.97. The van der Waals surface area contributed by atoms with E-state index in [1.54, 1.807) is 11.3 Å². The summed E-state index contributed by atoms with van der Waals surface area (Å²) in [5.74, 6) is 0.963. The molecule has 0 atom stereocenters. The number of rotatable bonds is 6. The van der Waals surface area contributed by atoms with Crippen LogP contribution < -0.4 is 5.32 Å². The number of thiazole rings is 1. The summed E-state index contributed by atoms with van der Waals surface area (Å²) >= 11 is 3.55. The number of guanidine groups is 1. The van der Waals surface area contributed by atoms with Gasteiger partial charge in [0.2, 0.25) is 0 Å². The van der Waals surface area contributed by atoms with Crippen molar-refractivity contribution in [3.63, 3.8) is 0 Å². The lowest BCUT2D eigenvalue weighted by atomic mass is 10.3. The third-order valence-electron chi connectivity index (χ3n) is 3.34. The quantitative estimate of drug-likeness (QED) is 0.649. The molecule has 0 saturated carbocycles. The Labute approximate surface area is 140 Å². The molecule has 0 unspecified atom stereocenters. The van der Waals surface area contributed by atoms with Crippen LogP contribution in [0, 0.1) is 13.8 Å². The van der Waals surface area contributed by atoms with Gasteiger partial charge in [-0.05, 0) is 38.6 Å². The van der Waals surface area contributed by atoms with E-state index in [1.807, 2.05) is 18.3 Å². The van der Waals surface area contributed by atoms with Crippen molar-refractivity contribution >= 4 is 28.6 Å². The van der Waals surface area contributed by atoms with Crippen LogP contribution in [0.15, 0.2) is 22.5 Å². The van der Waals surface area contributed by atoms with E-state index >= 15 is 0 Å². The highest BCUT2D eigenvalue weighted by atomic mass is 32.1. The molecule has 0 aliphatic heterocycles. The number of aromatic nitrogens is 1. The molecule has 0 bridgehead atoms. The number of hydrogen-bond acceptors (Lipinski definition) is 4. The van der Waals surface area contributed by atoms with Gasteiger partial charge in [0.25, 0.3) is 0 Å². The van der Waals surface area contributed by atoms with E-state index in [2.05, 4.69) is 53.6 Å². The highest BCUT2D eigenvalue weighted by molar-refractivity contribution is 7.11. The second-order valence-electron chi connectivity index (χ2n) is 5.16. The zero-order valence-electron chi connectivity index (χ0n) is 13.7. The van der Waals surface area contributed by atoms with E-state index in [0.29, 0.717) is 6.54 Å². The van der Waals surface area contributed by atoms with E-state index in [9.17, 15) is 0 Å². The fraction of sp³-hybridized carbons (Fsp3) is 0.500. The van der Waals surface area contributed by atoms with Crippen molar-refractivity contribution in [3.8, 4) is 0 Å². The molecular weight excluding hydrogens is 312 g/mol. The lowest BCUT2D eigenvalue weighted by Crippen LogP contribution is -2.39. The predicted octanol–water partition coefficient (Wildman–Crippen LogP) is 3.46. The van der Waals surface area contributed by atoms with E-state index in [-0.39, 0.29) is 0 Å². The predicted molar refractivity (Wildman–Crippen MR) is 97.1 cm³/mol. The first kappa shape index (κ1) is 17.0. The molecule has 1 N–H and O–H groups in total. The van der Waals surface area contributed by atoms with Crippen molar-refractivity contribution in [2.45, 2.75) is 33.7 Å². The van der Waals surface area contributed by atoms with Crippen molar-refractivity contribution in [3.05, 3.63) is 38.0 Å². The standard InChI is InChI=1S/C16H24N4S2/c1-5-17-16(18-11-15-12(2)19-13(3)22-15)20(4)9-8-14-7-6-10-21-14/h6-7,10H,5,8-9,11H2,1-4H3,(H,17,18). The van der Waals surface area contributed by atoms with Crippen molar-refractivity contribution in [1.29, 1.82) is 0 Å². The van der Waals surface area contributed by atoms with Crippen molar-refractivity contribution in [2.24, 2.45) is 4.99 Å². The molecule has 0 spiro atoms. The molecule has 4 nitrogen and oxygen atoms in total. The summed E-state index contributed by atoms with van der Waals surface area (Å²) < 4.78 is 0. The van der Waals surface area contributed by atoms with Gasteiger partial charge >= 0.3 is 0 Å². The third-order valence-corrected chi connectivity index (χ3v) is 5.34. The number of aliphatic imine (C=N–C) groups is 1. The summed E-state index contributed by atoms with van der Waals surface area (Å²) in [5.41, 5.74) is 1.10. The third kappa shape index (κ3) is 4.81. The van der Waals surface area contributed by atoms with Gasteiger partial charge in [-0.1, -0.05) is 6.07 Å². The minimum absolute atomic E-state index is 0.697. The number of nitrogens with zero attached hydrogens (tertiary/aromatic N) is 3. The number of nitrogens with one attached hydrogen (secondary N) is 1. The van der Waals surface area contributed by atoms with Gasteiger partial charge in [-0.15, -0.1) is 22.7 Å². The fourth-order valence-corrected chi connectivity index (χ4v) is 3.73. The number of hydrogen-bond donors (Lipinski definition) is 1. The van der Waals surface area contributed by atoms with E-state index < -0.39 is 0 Å². The molecule has 0 amide bonds. The van der Waals surface area contributed by atoms with Crippen LogP contribution in [0.5, 0.6) is 0 Å². The van der Waals surface area contributed by atoms with E-state index in [1.165, 1.54) is 9.75 Å². The monoisotopic (exact) mass is 336 g/mol. The maximum atomic E-state index is 4.76. The smallest absolute Gasteiger partial charge is 0.194 e. The summed E-state index contributed by atoms with van der Waals surface area (Å²) in [5, 5.41) is 6.61. The summed E-state index contributed by atoms with van der Waals surface area (Å²) in [6.07, 6.45) is 1.05. The van der Waals surface area contributed by atoms with Crippen LogP contribution in [-0.2, 0) is 13.0 Å². The molecule has 2 heterocycles. The summed E-state index contributed by atoms with van der Waals surface area (Å²) in [4.78, 5) is 14.1. The minimum Gasteiger partial charge on any atom is -0.357 e. The van der Waals surface area contributed by atoms with Crippen molar-refractivity contribution in [1.82, 2.24) is 15.2 Å². The van der Waals surface area contributed by atoms with E-state index in [0.717, 1.165) is 36.2 Å². The van der Waals surface area contributed by atoms with Gasteiger partial charge in [-0.3, -0.25) is 0 Å². The van der Waals surface area contributed by atoms with Gasteiger partial charge in [-0.25, -0.2) is 9.98 Å². The molecule has 22 heavy (non-hydrogen) atoms. The highest BCUT2D eigenvalue weighted by Gasteiger charge is 2.08. The van der Waals surface area contributed by atoms with Crippen molar-refractivity contribution < 1.29 is 0 Å². The Bertz CT molecular complexity index is 602. The molecule has 0 radical (unpaired) electrons. The highest BCUT2D eigenvalue weighted by Crippen LogP contribution is 2.18. The zero-order chi connectivity index (χ0) is 15.9. The maximum absolute atomic E-state index is 4.76. The normalized spacial score (nSPS) is 11.7.